The molecule has 0 aromatic heterocycles. The Labute approximate surface area is 277 Å². The molecule has 48 heavy (non-hydrogen) atoms. The third-order valence-electron chi connectivity index (χ3n) is 7.76. The van der Waals surface area contributed by atoms with Crippen LogP contribution in [0.2, 0.25) is 0 Å². The van der Waals surface area contributed by atoms with Crippen LogP contribution >= 0.6 is 0 Å². The molecule has 0 bridgehead atoms. The summed E-state index contributed by atoms with van der Waals surface area (Å²) < 4.78 is 10.6. The minimum Gasteiger partial charge on any atom is -0.478 e. The van der Waals surface area contributed by atoms with Gasteiger partial charge >= 0.3 is 23.9 Å². The lowest BCUT2D eigenvalue weighted by molar-refractivity contribution is -0.384. The zero-order chi connectivity index (χ0) is 34.5. The van der Waals surface area contributed by atoms with Gasteiger partial charge in [-0.1, -0.05) is 42.5 Å². The fraction of sp³-hybridized carbons (Fsp3) is 0.353. The third-order valence-corrected chi connectivity index (χ3v) is 7.76. The number of likely N-dealkylation sites (tertiary alicyclic amines) is 1. The molecule has 1 fully saturated rings. The van der Waals surface area contributed by atoms with Crippen LogP contribution in [-0.4, -0.2) is 76.2 Å². The Bertz CT molecular complexity index is 1540. The third kappa shape index (κ3) is 10.3. The maximum Gasteiger partial charge on any atom is 0.336 e. The number of carbonyl (C=O) groups is 4. The summed E-state index contributed by atoms with van der Waals surface area (Å²) in [5, 5.41) is 30.5. The van der Waals surface area contributed by atoms with Crippen LogP contribution < -0.4 is 5.32 Å². The molecule has 0 saturated carbocycles. The fourth-order valence-electron chi connectivity index (χ4n) is 5.79. The topological polar surface area (TPSA) is 217 Å². The first-order valence-electron chi connectivity index (χ1n) is 15.1. The molecule has 2 aliphatic rings. The van der Waals surface area contributed by atoms with E-state index in [4.69, 9.17) is 19.7 Å². The van der Waals surface area contributed by atoms with Gasteiger partial charge in [0.15, 0.2) is 0 Å². The number of nitrogens with zero attached hydrogens (tertiary/aromatic N) is 2. The summed E-state index contributed by atoms with van der Waals surface area (Å²) in [5.74, 6) is -4.58. The average molecular weight is 668 g/mol. The van der Waals surface area contributed by atoms with E-state index in [0.717, 1.165) is 32.4 Å². The first-order valence-corrected chi connectivity index (χ1v) is 15.1. The molecule has 1 saturated heterocycles. The molecule has 2 heterocycles. The number of rotatable bonds is 12. The van der Waals surface area contributed by atoms with Crippen molar-refractivity contribution in [2.45, 2.75) is 51.5 Å². The molecule has 0 aliphatic carbocycles. The van der Waals surface area contributed by atoms with Gasteiger partial charge in [-0.3, -0.25) is 15.0 Å². The zero-order valence-electron chi connectivity index (χ0n) is 27.0. The quantitative estimate of drug-likeness (QED) is 0.126. The van der Waals surface area contributed by atoms with E-state index in [1.165, 1.54) is 24.8 Å². The number of esters is 2. The van der Waals surface area contributed by atoms with Crippen molar-refractivity contribution in [1.82, 2.24) is 10.2 Å². The second-order valence-electron chi connectivity index (χ2n) is 10.8. The smallest absolute Gasteiger partial charge is 0.336 e. The number of dihydropyridines is 1. The molecule has 0 radical (unpaired) electrons. The van der Waals surface area contributed by atoms with Crippen LogP contribution in [0.25, 0.3) is 0 Å². The van der Waals surface area contributed by atoms with Crippen LogP contribution in [0.3, 0.4) is 0 Å². The first-order chi connectivity index (χ1) is 22.5. The number of allylic oxidation sites excluding steroid dienone is 2. The molecule has 4 rings (SSSR count). The number of methoxy groups -OCH3 is 1. The molecule has 2 aliphatic heterocycles. The van der Waals surface area contributed by atoms with Gasteiger partial charge in [-0.2, -0.15) is 0 Å². The number of ether oxygens (including phenoxy) is 2. The predicted octanol–water partition coefficient (Wildman–Crippen LogP) is 4.05. The SMILES string of the molecule is CCOC(=O)C1=C(CCC(c2ccccc2)N2CCCC2)NC(C)=C(C(=O)OC)C1c1cccc([N+](=O)[O-])c1.O.O=C(O)C=CC(=O)O. The number of hydrogen-bond donors (Lipinski definition) is 3. The van der Waals surface area contributed by atoms with E-state index in [2.05, 4.69) is 22.3 Å². The lowest BCUT2D eigenvalue weighted by Gasteiger charge is -2.33. The standard InChI is InChI=1S/C30H35N3O6.C4H4O4.H2O/c1-4-39-30(35)28-24(15-16-25(32-17-8-9-18-32)21-11-6-5-7-12-21)31-20(2)26(29(34)38-3)27(28)22-13-10-14-23(19-22)33(36)37;5-3(6)1-2-4(7)8;/h5-7,10-14,19,25,27,31H,4,8-9,15-18H2,1-3H3;1-2H,(H,5,6)(H,7,8);1H2. The van der Waals surface area contributed by atoms with Gasteiger partial charge in [0, 0.05) is 41.7 Å². The van der Waals surface area contributed by atoms with Crippen LogP contribution in [-0.2, 0) is 28.7 Å². The van der Waals surface area contributed by atoms with Crippen LogP contribution in [0.15, 0.2) is 89.3 Å². The Morgan fingerprint density at radius 2 is 1.62 bits per heavy atom. The van der Waals surface area contributed by atoms with Crippen LogP contribution in [0.5, 0.6) is 0 Å². The number of nitro groups is 1. The summed E-state index contributed by atoms with van der Waals surface area (Å²) >= 11 is 0. The number of carbonyl (C=O) groups excluding carboxylic acids is 2. The van der Waals surface area contributed by atoms with E-state index >= 15 is 0 Å². The lowest BCUT2D eigenvalue weighted by atomic mass is 9.79. The van der Waals surface area contributed by atoms with E-state index in [1.54, 1.807) is 26.0 Å². The fourth-order valence-corrected chi connectivity index (χ4v) is 5.79. The molecule has 0 amide bonds. The van der Waals surface area contributed by atoms with Gasteiger partial charge in [0.2, 0.25) is 0 Å². The van der Waals surface area contributed by atoms with Crippen molar-refractivity contribution in [3.8, 4) is 0 Å². The number of nitrogens with one attached hydrogen (secondary N) is 1. The largest absolute Gasteiger partial charge is 0.478 e. The van der Waals surface area contributed by atoms with Crippen molar-refractivity contribution < 1.29 is 49.3 Å². The minimum atomic E-state index is -1.26. The van der Waals surface area contributed by atoms with E-state index in [-0.39, 0.29) is 35.0 Å². The Morgan fingerprint density at radius 3 is 2.17 bits per heavy atom. The molecule has 14 heteroatoms. The highest BCUT2D eigenvalue weighted by Crippen LogP contribution is 2.42. The second-order valence-corrected chi connectivity index (χ2v) is 10.8. The normalized spacial score (nSPS) is 16.6. The molecule has 2 atom stereocenters. The van der Waals surface area contributed by atoms with Crippen molar-refractivity contribution in [2.75, 3.05) is 26.8 Å². The highest BCUT2D eigenvalue weighted by molar-refractivity contribution is 6.00. The molecule has 5 N–H and O–H groups in total. The molecule has 14 nitrogen and oxygen atoms in total. The van der Waals surface area contributed by atoms with Crippen LogP contribution in [0.4, 0.5) is 5.69 Å². The van der Waals surface area contributed by atoms with E-state index in [9.17, 15) is 29.3 Å². The summed E-state index contributed by atoms with van der Waals surface area (Å²) in [4.78, 5) is 59.2. The molecule has 2 aromatic rings. The van der Waals surface area contributed by atoms with Gasteiger partial charge in [0.25, 0.3) is 5.69 Å². The molecule has 2 unspecified atom stereocenters. The van der Waals surface area contributed by atoms with Crippen molar-refractivity contribution in [2.24, 2.45) is 0 Å². The summed E-state index contributed by atoms with van der Waals surface area (Å²) in [6, 6.07) is 16.5. The minimum absolute atomic E-state index is 0. The van der Waals surface area contributed by atoms with Crippen LogP contribution in [0, 0.1) is 10.1 Å². The molecule has 258 valence electrons. The first kappa shape index (κ1) is 38.8. The van der Waals surface area contributed by atoms with E-state index in [1.807, 2.05) is 18.2 Å². The summed E-state index contributed by atoms with van der Waals surface area (Å²) in [7, 11) is 1.27. The molecular formula is C34H41N3O11. The number of nitro benzene ring substituents is 1. The number of carboxylic acid groups (broad SMARTS) is 2. The lowest BCUT2D eigenvalue weighted by Crippen LogP contribution is -2.34. The number of non-ortho nitro benzene ring substituents is 1. The maximum absolute atomic E-state index is 13.5. The van der Waals surface area contributed by atoms with E-state index < -0.39 is 34.7 Å². The number of hydrogen-bond acceptors (Lipinski definition) is 10. The Balaban J connectivity index is 0.000000791. The van der Waals surface area contributed by atoms with Crippen molar-refractivity contribution in [3.63, 3.8) is 0 Å². The van der Waals surface area contributed by atoms with Crippen LogP contribution in [0.1, 0.15) is 62.6 Å². The van der Waals surface area contributed by atoms with Gasteiger partial charge in [-0.15, -0.1) is 0 Å². The van der Waals surface area contributed by atoms with Gasteiger partial charge in [-0.25, -0.2) is 19.2 Å². The summed E-state index contributed by atoms with van der Waals surface area (Å²) in [6.45, 7) is 5.65. The highest BCUT2D eigenvalue weighted by atomic mass is 16.6. The average Bonchev–Trinajstić information content (AvgIpc) is 3.59. The summed E-state index contributed by atoms with van der Waals surface area (Å²) in [5.41, 5.74) is 3.22. The molecular weight excluding hydrogens is 626 g/mol. The molecule has 2 aromatic carbocycles. The Morgan fingerprint density at radius 1 is 1.00 bits per heavy atom. The number of benzene rings is 2. The maximum atomic E-state index is 13.5. The van der Waals surface area contributed by atoms with Gasteiger partial charge < -0.3 is 30.5 Å². The van der Waals surface area contributed by atoms with Crippen molar-refractivity contribution in [1.29, 1.82) is 0 Å². The monoisotopic (exact) mass is 667 g/mol. The Hall–Kier alpha value is -5.34. The van der Waals surface area contributed by atoms with Gasteiger partial charge in [-0.05, 0) is 63.7 Å². The van der Waals surface area contributed by atoms with Crippen molar-refractivity contribution >= 4 is 29.6 Å². The summed E-state index contributed by atoms with van der Waals surface area (Å²) in [6.07, 6.45) is 4.67. The predicted molar refractivity (Wildman–Crippen MR) is 175 cm³/mol. The van der Waals surface area contributed by atoms with E-state index in [0.29, 0.717) is 35.5 Å². The molecule has 0 spiro atoms. The second kappa shape index (κ2) is 18.7. The Kier molecular flexibility index (Phi) is 15.1. The van der Waals surface area contributed by atoms with Gasteiger partial charge in [0.05, 0.1) is 35.7 Å². The highest BCUT2D eigenvalue weighted by Gasteiger charge is 2.39. The number of carboxylic acids is 2. The zero-order valence-corrected chi connectivity index (χ0v) is 27.0. The van der Waals surface area contributed by atoms with Crippen molar-refractivity contribution in [3.05, 3.63) is 111 Å². The number of aliphatic carboxylic acids is 2. The van der Waals surface area contributed by atoms with Gasteiger partial charge in [0.1, 0.15) is 0 Å².